The zero-order valence-electron chi connectivity index (χ0n) is 9.21. The third kappa shape index (κ3) is 2.33. The Labute approximate surface area is 94.4 Å². The van der Waals surface area contributed by atoms with E-state index in [2.05, 4.69) is 15.0 Å². The number of nitrogens with two attached hydrogens (primary N) is 1. The summed E-state index contributed by atoms with van der Waals surface area (Å²) >= 11 is 0. The van der Waals surface area contributed by atoms with E-state index in [-0.39, 0.29) is 5.84 Å². The summed E-state index contributed by atoms with van der Waals surface area (Å²) in [6, 6.07) is 0. The van der Waals surface area contributed by atoms with Crippen LogP contribution in [0, 0.1) is 0 Å². The first-order valence-corrected chi connectivity index (χ1v) is 5.52. The third-order valence-electron chi connectivity index (χ3n) is 2.91. The molecule has 88 valence electrons. The van der Waals surface area contributed by atoms with Crippen molar-refractivity contribution in [3.05, 3.63) is 18.2 Å². The van der Waals surface area contributed by atoms with Gasteiger partial charge in [0.05, 0.1) is 0 Å². The number of amidine groups is 1. The number of rotatable bonds is 4. The fraction of sp³-hybridized carbons (Fsp3) is 0.600. The van der Waals surface area contributed by atoms with Gasteiger partial charge in [0.15, 0.2) is 5.82 Å². The zero-order chi connectivity index (χ0) is 11.4. The predicted octanol–water partition coefficient (Wildman–Crippen LogP) is 0.0734. The van der Waals surface area contributed by atoms with Gasteiger partial charge in [-0.15, -0.1) is 0 Å². The summed E-state index contributed by atoms with van der Waals surface area (Å²) < 4.78 is 1.91. The molecule has 0 aromatic carbocycles. The molecule has 1 aromatic rings. The Hall–Kier alpha value is -1.56. The van der Waals surface area contributed by atoms with Crippen LogP contribution in [0.5, 0.6) is 0 Å². The second-order valence-electron chi connectivity index (χ2n) is 3.98. The van der Waals surface area contributed by atoms with Crippen LogP contribution in [-0.2, 0) is 6.54 Å². The molecule has 2 heterocycles. The maximum Gasteiger partial charge on any atom is 0.206 e. The summed E-state index contributed by atoms with van der Waals surface area (Å²) in [5.74, 6) is 0.591. The highest BCUT2D eigenvalue weighted by Gasteiger charge is 2.13. The molecule has 1 aliphatic rings. The molecule has 0 spiro atoms. The summed E-state index contributed by atoms with van der Waals surface area (Å²) in [6.07, 6.45) is 6.09. The van der Waals surface area contributed by atoms with E-state index in [0.29, 0.717) is 5.82 Å². The van der Waals surface area contributed by atoms with E-state index in [0.717, 1.165) is 13.1 Å². The lowest BCUT2D eigenvalue weighted by molar-refractivity contribution is 0.315. The molecule has 0 bridgehead atoms. The molecular weight excluding hydrogens is 206 g/mol. The summed E-state index contributed by atoms with van der Waals surface area (Å²) in [4.78, 5) is 6.47. The molecule has 0 aliphatic carbocycles. The lowest BCUT2D eigenvalue weighted by Gasteiger charge is -2.15. The van der Waals surface area contributed by atoms with Crippen molar-refractivity contribution in [2.75, 3.05) is 19.6 Å². The van der Waals surface area contributed by atoms with Gasteiger partial charge in [-0.2, -0.15) is 0 Å². The Balaban J connectivity index is 1.96. The van der Waals surface area contributed by atoms with E-state index >= 15 is 0 Å². The standard InChI is InChI=1S/C10H17N5O/c11-9(13-16)10-12-3-6-15(10)8-7-14-4-1-2-5-14/h3,6,16H,1-2,4-5,7-8H2,(H2,11,13). The van der Waals surface area contributed by atoms with Gasteiger partial charge in [0.2, 0.25) is 5.84 Å². The van der Waals surface area contributed by atoms with Crippen LogP contribution in [0.1, 0.15) is 18.7 Å². The van der Waals surface area contributed by atoms with Crippen molar-refractivity contribution in [1.29, 1.82) is 0 Å². The molecule has 6 heteroatoms. The molecule has 1 saturated heterocycles. The van der Waals surface area contributed by atoms with E-state index in [1.807, 2.05) is 10.8 Å². The van der Waals surface area contributed by atoms with Crippen LogP contribution < -0.4 is 5.73 Å². The zero-order valence-corrected chi connectivity index (χ0v) is 9.21. The maximum absolute atomic E-state index is 8.61. The van der Waals surface area contributed by atoms with Gasteiger partial charge in [-0.25, -0.2) is 4.98 Å². The van der Waals surface area contributed by atoms with Crippen molar-refractivity contribution in [2.45, 2.75) is 19.4 Å². The fourth-order valence-corrected chi connectivity index (χ4v) is 2.02. The SMILES string of the molecule is N/C(=N/O)c1nccn1CCN1CCCC1. The second-order valence-corrected chi connectivity index (χ2v) is 3.98. The van der Waals surface area contributed by atoms with E-state index in [4.69, 9.17) is 10.9 Å². The number of aromatic nitrogens is 2. The molecule has 0 saturated carbocycles. The fourth-order valence-electron chi connectivity index (χ4n) is 2.02. The van der Waals surface area contributed by atoms with Crippen molar-refractivity contribution >= 4 is 5.84 Å². The quantitative estimate of drug-likeness (QED) is 0.328. The number of hydrogen-bond donors (Lipinski definition) is 2. The lowest BCUT2D eigenvalue weighted by Crippen LogP contribution is -2.26. The van der Waals surface area contributed by atoms with Crippen LogP contribution in [0.3, 0.4) is 0 Å². The molecule has 6 nitrogen and oxygen atoms in total. The van der Waals surface area contributed by atoms with Crippen LogP contribution in [0.15, 0.2) is 17.5 Å². The first kappa shape index (κ1) is 10.9. The van der Waals surface area contributed by atoms with Gasteiger partial charge in [0.25, 0.3) is 0 Å². The van der Waals surface area contributed by atoms with Crippen LogP contribution in [0.2, 0.25) is 0 Å². The average Bonchev–Trinajstić information content (AvgIpc) is 2.96. The molecule has 0 atom stereocenters. The highest BCUT2D eigenvalue weighted by atomic mass is 16.4. The second kappa shape index (κ2) is 4.98. The van der Waals surface area contributed by atoms with Crippen LogP contribution >= 0.6 is 0 Å². The average molecular weight is 223 g/mol. The first-order chi connectivity index (χ1) is 7.81. The van der Waals surface area contributed by atoms with Gasteiger partial charge >= 0.3 is 0 Å². The first-order valence-electron chi connectivity index (χ1n) is 5.52. The van der Waals surface area contributed by atoms with Gasteiger partial charge in [-0.1, -0.05) is 5.16 Å². The van der Waals surface area contributed by atoms with Crippen molar-refractivity contribution < 1.29 is 5.21 Å². The summed E-state index contributed by atoms with van der Waals surface area (Å²) in [5.41, 5.74) is 5.53. The molecular formula is C10H17N5O. The summed E-state index contributed by atoms with van der Waals surface area (Å²) in [5, 5.41) is 11.6. The van der Waals surface area contributed by atoms with Crippen molar-refractivity contribution in [2.24, 2.45) is 10.9 Å². The molecule has 1 fully saturated rings. The van der Waals surface area contributed by atoms with Gasteiger partial charge in [-0.05, 0) is 25.9 Å². The molecule has 0 unspecified atom stereocenters. The molecule has 0 amide bonds. The van der Waals surface area contributed by atoms with Gasteiger partial charge in [0.1, 0.15) is 0 Å². The maximum atomic E-state index is 8.61. The largest absolute Gasteiger partial charge is 0.409 e. The van der Waals surface area contributed by atoms with E-state index in [1.165, 1.54) is 25.9 Å². The molecule has 1 aliphatic heterocycles. The minimum absolute atomic E-state index is 0.0615. The van der Waals surface area contributed by atoms with Crippen molar-refractivity contribution in [3.63, 3.8) is 0 Å². The Kier molecular flexibility index (Phi) is 3.40. The smallest absolute Gasteiger partial charge is 0.206 e. The Morgan fingerprint density at radius 3 is 2.88 bits per heavy atom. The van der Waals surface area contributed by atoms with Crippen LogP contribution in [0.25, 0.3) is 0 Å². The molecule has 2 rings (SSSR count). The number of hydrogen-bond acceptors (Lipinski definition) is 4. The molecule has 0 radical (unpaired) electrons. The van der Waals surface area contributed by atoms with E-state index in [1.54, 1.807) is 6.20 Å². The van der Waals surface area contributed by atoms with Crippen LogP contribution in [0.4, 0.5) is 0 Å². The van der Waals surface area contributed by atoms with Crippen molar-refractivity contribution in [1.82, 2.24) is 14.5 Å². The minimum Gasteiger partial charge on any atom is -0.409 e. The third-order valence-corrected chi connectivity index (χ3v) is 2.91. The van der Waals surface area contributed by atoms with E-state index in [9.17, 15) is 0 Å². The monoisotopic (exact) mass is 223 g/mol. The predicted molar refractivity (Wildman–Crippen MR) is 60.4 cm³/mol. The Bertz CT molecular complexity index is 367. The lowest BCUT2D eigenvalue weighted by atomic mass is 10.4. The minimum atomic E-state index is 0.0615. The summed E-state index contributed by atoms with van der Waals surface area (Å²) in [6.45, 7) is 4.16. The molecule has 16 heavy (non-hydrogen) atoms. The van der Waals surface area contributed by atoms with Gasteiger partial charge in [-0.3, -0.25) is 0 Å². The topological polar surface area (TPSA) is 79.7 Å². The normalized spacial score (nSPS) is 18.1. The number of imidazole rings is 1. The molecule has 1 aromatic heterocycles. The Morgan fingerprint density at radius 1 is 1.44 bits per heavy atom. The van der Waals surface area contributed by atoms with E-state index < -0.39 is 0 Å². The number of oxime groups is 1. The highest BCUT2D eigenvalue weighted by Crippen LogP contribution is 2.07. The highest BCUT2D eigenvalue weighted by molar-refractivity contribution is 5.93. The number of likely N-dealkylation sites (tertiary alicyclic amines) is 1. The van der Waals surface area contributed by atoms with Crippen LogP contribution in [-0.4, -0.2) is 45.1 Å². The number of nitrogens with zero attached hydrogens (tertiary/aromatic N) is 4. The summed E-state index contributed by atoms with van der Waals surface area (Å²) in [7, 11) is 0. The molecule has 3 N–H and O–H groups in total. The Morgan fingerprint density at radius 2 is 2.19 bits per heavy atom. The van der Waals surface area contributed by atoms with Gasteiger partial charge in [0, 0.05) is 25.5 Å². The van der Waals surface area contributed by atoms with Crippen molar-refractivity contribution in [3.8, 4) is 0 Å². The van der Waals surface area contributed by atoms with Gasteiger partial charge < -0.3 is 20.4 Å².